The summed E-state index contributed by atoms with van der Waals surface area (Å²) in [5.41, 5.74) is 3.55. The molecule has 3 heteroatoms. The van der Waals surface area contributed by atoms with Crippen molar-refractivity contribution in [3.8, 4) is 0 Å². The van der Waals surface area contributed by atoms with Crippen molar-refractivity contribution in [1.29, 1.82) is 0 Å². The highest BCUT2D eigenvalue weighted by atomic mass is 15.1. The van der Waals surface area contributed by atoms with E-state index in [1.165, 1.54) is 18.4 Å². The highest BCUT2D eigenvalue weighted by Crippen LogP contribution is 2.28. The highest BCUT2D eigenvalue weighted by Gasteiger charge is 2.20. The maximum absolute atomic E-state index is 4.45. The molecule has 1 aromatic heterocycles. The third-order valence-electron chi connectivity index (χ3n) is 4.08. The van der Waals surface area contributed by atoms with Crippen LogP contribution in [0, 0.1) is 6.92 Å². The van der Waals surface area contributed by atoms with Gasteiger partial charge in [0.15, 0.2) is 0 Å². The Hall–Kier alpha value is -1.74. The van der Waals surface area contributed by atoms with Crippen LogP contribution in [-0.2, 0) is 6.54 Å². The van der Waals surface area contributed by atoms with E-state index in [1.807, 2.05) is 19.3 Å². The molecule has 2 heterocycles. The Morgan fingerprint density at radius 2 is 1.80 bits per heavy atom. The first kappa shape index (κ1) is 13.3. The number of aromatic nitrogens is 2. The summed E-state index contributed by atoms with van der Waals surface area (Å²) in [6.07, 6.45) is 6.23. The van der Waals surface area contributed by atoms with Crippen LogP contribution >= 0.6 is 0 Å². The fraction of sp³-hybridized carbons (Fsp3) is 0.412. The number of nitrogens with zero attached hydrogens (tertiary/aromatic N) is 3. The lowest BCUT2D eigenvalue weighted by molar-refractivity contribution is 0.202. The van der Waals surface area contributed by atoms with E-state index in [-0.39, 0.29) is 0 Å². The molecule has 0 N–H and O–H groups in total. The second kappa shape index (κ2) is 6.14. The molecule has 0 saturated carbocycles. The Bertz CT molecular complexity index is 528. The topological polar surface area (TPSA) is 29.0 Å². The van der Waals surface area contributed by atoms with Gasteiger partial charge in [-0.3, -0.25) is 14.9 Å². The zero-order valence-electron chi connectivity index (χ0n) is 12.0. The van der Waals surface area contributed by atoms with Crippen molar-refractivity contribution in [2.45, 2.75) is 32.2 Å². The summed E-state index contributed by atoms with van der Waals surface area (Å²) in [6, 6.07) is 10.9. The predicted octanol–water partition coefficient (Wildman–Crippen LogP) is 3.16. The number of hydrogen-bond acceptors (Lipinski definition) is 3. The summed E-state index contributed by atoms with van der Waals surface area (Å²) in [7, 11) is 0. The molecular formula is C17H21N3. The molecular weight excluding hydrogens is 246 g/mol. The number of piperidine rings is 1. The van der Waals surface area contributed by atoms with Crippen LogP contribution in [0.2, 0.25) is 0 Å². The fourth-order valence-corrected chi connectivity index (χ4v) is 2.88. The Morgan fingerprint density at radius 1 is 1.05 bits per heavy atom. The molecule has 1 aromatic carbocycles. The van der Waals surface area contributed by atoms with Crippen LogP contribution in [0.15, 0.2) is 42.7 Å². The molecule has 1 aliphatic heterocycles. The summed E-state index contributed by atoms with van der Waals surface area (Å²) < 4.78 is 0. The predicted molar refractivity (Wildman–Crippen MR) is 80.5 cm³/mol. The van der Waals surface area contributed by atoms with Crippen LogP contribution in [0.1, 0.15) is 35.7 Å². The Kier molecular flexibility index (Phi) is 4.07. The van der Waals surface area contributed by atoms with E-state index in [0.29, 0.717) is 0 Å². The standard InChI is InChI=1S/C17H21N3/c1-14-11-19-17(12-18-14)13-20-9-7-16(8-10-20)15-5-3-2-4-6-15/h2-6,11-12,16H,7-10,13H2,1H3. The van der Waals surface area contributed by atoms with E-state index < -0.39 is 0 Å². The van der Waals surface area contributed by atoms with E-state index in [2.05, 4.69) is 45.2 Å². The van der Waals surface area contributed by atoms with Crippen molar-refractivity contribution in [3.05, 3.63) is 59.7 Å². The van der Waals surface area contributed by atoms with Crippen molar-refractivity contribution in [3.63, 3.8) is 0 Å². The van der Waals surface area contributed by atoms with Crippen LogP contribution in [0.5, 0.6) is 0 Å². The van der Waals surface area contributed by atoms with Gasteiger partial charge >= 0.3 is 0 Å². The summed E-state index contributed by atoms with van der Waals surface area (Å²) in [5.74, 6) is 0.719. The van der Waals surface area contributed by atoms with Gasteiger partial charge in [0.05, 0.1) is 11.4 Å². The number of rotatable bonds is 3. The van der Waals surface area contributed by atoms with Crippen LogP contribution in [0.25, 0.3) is 0 Å². The van der Waals surface area contributed by atoms with Gasteiger partial charge in [-0.1, -0.05) is 30.3 Å². The number of benzene rings is 1. The maximum atomic E-state index is 4.45. The lowest BCUT2D eigenvalue weighted by Crippen LogP contribution is -2.32. The van der Waals surface area contributed by atoms with Gasteiger partial charge in [-0.25, -0.2) is 0 Å². The lowest BCUT2D eigenvalue weighted by atomic mass is 9.89. The molecule has 3 rings (SSSR count). The zero-order chi connectivity index (χ0) is 13.8. The molecule has 20 heavy (non-hydrogen) atoms. The van der Waals surface area contributed by atoms with Gasteiger partial charge in [0, 0.05) is 18.9 Å². The first-order chi connectivity index (χ1) is 9.81. The molecule has 104 valence electrons. The van der Waals surface area contributed by atoms with E-state index in [1.54, 1.807) is 0 Å². The molecule has 0 aliphatic carbocycles. The minimum Gasteiger partial charge on any atom is -0.297 e. The lowest BCUT2D eigenvalue weighted by Gasteiger charge is -2.31. The van der Waals surface area contributed by atoms with Gasteiger partial charge in [0.25, 0.3) is 0 Å². The molecule has 2 aromatic rings. The van der Waals surface area contributed by atoms with Gasteiger partial charge in [-0.05, 0) is 44.3 Å². The second-order valence-electron chi connectivity index (χ2n) is 5.61. The van der Waals surface area contributed by atoms with Crippen molar-refractivity contribution >= 4 is 0 Å². The van der Waals surface area contributed by atoms with Crippen molar-refractivity contribution in [1.82, 2.24) is 14.9 Å². The fourth-order valence-electron chi connectivity index (χ4n) is 2.88. The number of likely N-dealkylation sites (tertiary alicyclic amines) is 1. The Morgan fingerprint density at radius 3 is 2.45 bits per heavy atom. The maximum Gasteiger partial charge on any atom is 0.0727 e. The first-order valence-corrected chi connectivity index (χ1v) is 7.36. The van der Waals surface area contributed by atoms with E-state index in [0.717, 1.165) is 36.9 Å². The molecule has 0 bridgehead atoms. The van der Waals surface area contributed by atoms with Gasteiger partial charge in [-0.15, -0.1) is 0 Å². The summed E-state index contributed by atoms with van der Waals surface area (Å²) in [5, 5.41) is 0. The third kappa shape index (κ3) is 3.23. The molecule has 0 amide bonds. The molecule has 1 saturated heterocycles. The van der Waals surface area contributed by atoms with Crippen LogP contribution in [0.3, 0.4) is 0 Å². The zero-order valence-corrected chi connectivity index (χ0v) is 12.0. The van der Waals surface area contributed by atoms with E-state index >= 15 is 0 Å². The molecule has 3 nitrogen and oxygen atoms in total. The molecule has 0 spiro atoms. The Labute approximate surface area is 120 Å². The highest BCUT2D eigenvalue weighted by molar-refractivity contribution is 5.20. The average molecular weight is 267 g/mol. The molecule has 0 radical (unpaired) electrons. The number of hydrogen-bond donors (Lipinski definition) is 0. The molecule has 0 atom stereocenters. The van der Waals surface area contributed by atoms with Crippen LogP contribution in [0.4, 0.5) is 0 Å². The number of aryl methyl sites for hydroxylation is 1. The average Bonchev–Trinajstić information content (AvgIpc) is 2.51. The third-order valence-corrected chi connectivity index (χ3v) is 4.08. The quantitative estimate of drug-likeness (QED) is 0.855. The first-order valence-electron chi connectivity index (χ1n) is 7.36. The molecule has 1 aliphatic rings. The van der Waals surface area contributed by atoms with Gasteiger partial charge in [-0.2, -0.15) is 0 Å². The van der Waals surface area contributed by atoms with Crippen molar-refractivity contribution < 1.29 is 0 Å². The van der Waals surface area contributed by atoms with Crippen molar-refractivity contribution in [2.75, 3.05) is 13.1 Å². The minimum absolute atomic E-state index is 0.719. The molecule has 0 unspecified atom stereocenters. The largest absolute Gasteiger partial charge is 0.297 e. The van der Waals surface area contributed by atoms with E-state index in [9.17, 15) is 0 Å². The van der Waals surface area contributed by atoms with Crippen LogP contribution in [-0.4, -0.2) is 28.0 Å². The van der Waals surface area contributed by atoms with E-state index in [4.69, 9.17) is 0 Å². The second-order valence-corrected chi connectivity index (χ2v) is 5.61. The normalized spacial score (nSPS) is 17.2. The van der Waals surface area contributed by atoms with Gasteiger partial charge in [0.1, 0.15) is 0 Å². The Balaban J connectivity index is 1.55. The summed E-state index contributed by atoms with van der Waals surface area (Å²) in [6.45, 7) is 5.20. The molecule has 1 fully saturated rings. The minimum atomic E-state index is 0.719. The monoisotopic (exact) mass is 267 g/mol. The van der Waals surface area contributed by atoms with Crippen molar-refractivity contribution in [2.24, 2.45) is 0 Å². The van der Waals surface area contributed by atoms with Gasteiger partial charge in [0.2, 0.25) is 0 Å². The SMILES string of the molecule is Cc1cnc(CN2CCC(c3ccccc3)CC2)cn1. The summed E-state index contributed by atoms with van der Waals surface area (Å²) >= 11 is 0. The summed E-state index contributed by atoms with van der Waals surface area (Å²) in [4.78, 5) is 11.2. The van der Waals surface area contributed by atoms with Crippen LogP contribution < -0.4 is 0 Å². The smallest absolute Gasteiger partial charge is 0.0727 e. The van der Waals surface area contributed by atoms with Gasteiger partial charge < -0.3 is 0 Å².